The van der Waals surface area contributed by atoms with Crippen LogP contribution in [0, 0.1) is 5.92 Å². The number of rotatable bonds is 5. The Morgan fingerprint density at radius 3 is 2.58 bits per heavy atom. The zero-order valence-corrected chi connectivity index (χ0v) is 11.5. The van der Waals surface area contributed by atoms with Gasteiger partial charge in [0.05, 0.1) is 12.1 Å². The Hall–Kier alpha value is -1.55. The molecule has 0 bridgehead atoms. The average Bonchev–Trinajstić information content (AvgIpc) is 3.20. The fourth-order valence-corrected chi connectivity index (χ4v) is 2.29. The highest BCUT2D eigenvalue weighted by Gasteiger charge is 2.33. The number of nitrogens with zero attached hydrogens (tertiary/aromatic N) is 1. The molecule has 1 fully saturated rings. The predicted molar refractivity (Wildman–Crippen MR) is 74.7 cm³/mol. The van der Waals surface area contributed by atoms with Gasteiger partial charge < -0.3 is 15.3 Å². The van der Waals surface area contributed by atoms with Gasteiger partial charge in [-0.05, 0) is 31.2 Å². The number of benzene rings is 1. The number of nitrogens with one attached hydrogen (secondary N) is 1. The van der Waals surface area contributed by atoms with Gasteiger partial charge in [0.1, 0.15) is 0 Å². The fraction of sp³-hybridized carbons (Fsp3) is 0.533. The third-order valence-electron chi connectivity index (χ3n) is 3.42. The van der Waals surface area contributed by atoms with Crippen LogP contribution in [0.5, 0.6) is 0 Å². The maximum atomic E-state index is 12.1. The molecule has 4 heteroatoms. The van der Waals surface area contributed by atoms with Gasteiger partial charge in [-0.2, -0.15) is 0 Å². The third-order valence-corrected chi connectivity index (χ3v) is 3.42. The lowest BCUT2D eigenvalue weighted by Gasteiger charge is -2.24. The lowest BCUT2D eigenvalue weighted by molar-refractivity contribution is 0.142. The number of hydrogen-bond donors (Lipinski definition) is 2. The SMILES string of the molecule is CC(O)CN(C)C(=O)NC(c1ccccc1)C1CC1. The highest BCUT2D eigenvalue weighted by molar-refractivity contribution is 5.74. The molecule has 2 rings (SSSR count). The van der Waals surface area contributed by atoms with Crippen LogP contribution in [0.15, 0.2) is 30.3 Å². The van der Waals surface area contributed by atoms with Crippen LogP contribution in [0.25, 0.3) is 0 Å². The van der Waals surface area contributed by atoms with Crippen LogP contribution in [-0.4, -0.2) is 35.7 Å². The van der Waals surface area contributed by atoms with Crippen molar-refractivity contribution in [1.29, 1.82) is 0 Å². The minimum atomic E-state index is -0.508. The van der Waals surface area contributed by atoms with Gasteiger partial charge in [0.25, 0.3) is 0 Å². The van der Waals surface area contributed by atoms with Crippen LogP contribution < -0.4 is 5.32 Å². The summed E-state index contributed by atoms with van der Waals surface area (Å²) >= 11 is 0. The highest BCUT2D eigenvalue weighted by Crippen LogP contribution is 2.40. The molecule has 1 aliphatic carbocycles. The number of carbonyl (C=O) groups excluding carboxylic acids is 1. The van der Waals surface area contributed by atoms with Crippen LogP contribution in [0.1, 0.15) is 31.4 Å². The second-order valence-electron chi connectivity index (χ2n) is 5.40. The van der Waals surface area contributed by atoms with Gasteiger partial charge in [-0.25, -0.2) is 4.79 Å². The summed E-state index contributed by atoms with van der Waals surface area (Å²) in [5.74, 6) is 0.547. The normalized spacial score (nSPS) is 17.6. The van der Waals surface area contributed by atoms with E-state index in [1.54, 1.807) is 14.0 Å². The van der Waals surface area contributed by atoms with E-state index < -0.39 is 6.10 Å². The quantitative estimate of drug-likeness (QED) is 0.854. The van der Waals surface area contributed by atoms with E-state index in [2.05, 4.69) is 17.4 Å². The van der Waals surface area contributed by atoms with Gasteiger partial charge in [0.15, 0.2) is 0 Å². The van der Waals surface area contributed by atoms with Crippen molar-refractivity contribution in [3.63, 3.8) is 0 Å². The first-order valence-corrected chi connectivity index (χ1v) is 6.82. The molecule has 0 radical (unpaired) electrons. The molecule has 1 aromatic carbocycles. The van der Waals surface area contributed by atoms with Gasteiger partial charge in [-0.1, -0.05) is 30.3 Å². The smallest absolute Gasteiger partial charge is 0.317 e. The number of urea groups is 1. The molecule has 1 aromatic rings. The second-order valence-corrected chi connectivity index (χ2v) is 5.40. The van der Waals surface area contributed by atoms with Gasteiger partial charge in [0, 0.05) is 13.6 Å². The maximum absolute atomic E-state index is 12.1. The van der Waals surface area contributed by atoms with E-state index >= 15 is 0 Å². The number of amides is 2. The second kappa shape index (κ2) is 6.06. The number of aliphatic hydroxyl groups excluding tert-OH is 1. The molecule has 0 aliphatic heterocycles. The van der Waals surface area contributed by atoms with Gasteiger partial charge in [0.2, 0.25) is 0 Å². The molecule has 0 heterocycles. The molecule has 1 saturated carbocycles. The van der Waals surface area contributed by atoms with Crippen molar-refractivity contribution >= 4 is 6.03 Å². The zero-order chi connectivity index (χ0) is 13.8. The molecule has 4 nitrogen and oxygen atoms in total. The van der Waals surface area contributed by atoms with Crippen molar-refractivity contribution in [2.45, 2.75) is 31.9 Å². The molecule has 1 aliphatic rings. The summed E-state index contributed by atoms with van der Waals surface area (Å²) in [6, 6.07) is 10.0. The molecule has 2 amide bonds. The van der Waals surface area contributed by atoms with E-state index in [9.17, 15) is 9.90 Å². The topological polar surface area (TPSA) is 52.6 Å². The zero-order valence-electron chi connectivity index (χ0n) is 11.5. The summed E-state index contributed by atoms with van der Waals surface area (Å²) in [7, 11) is 1.71. The molecule has 19 heavy (non-hydrogen) atoms. The molecule has 2 N–H and O–H groups in total. The Labute approximate surface area is 114 Å². The van der Waals surface area contributed by atoms with Crippen molar-refractivity contribution in [1.82, 2.24) is 10.2 Å². The summed E-state index contributed by atoms with van der Waals surface area (Å²) in [5.41, 5.74) is 1.16. The first kappa shape index (κ1) is 13.9. The van der Waals surface area contributed by atoms with Crippen molar-refractivity contribution in [2.75, 3.05) is 13.6 Å². The highest BCUT2D eigenvalue weighted by atomic mass is 16.3. The Morgan fingerprint density at radius 1 is 1.42 bits per heavy atom. The van der Waals surface area contributed by atoms with Crippen LogP contribution in [-0.2, 0) is 0 Å². The molecule has 0 saturated heterocycles. The molecular formula is C15H22N2O2. The van der Waals surface area contributed by atoms with E-state index in [4.69, 9.17) is 0 Å². The van der Waals surface area contributed by atoms with E-state index in [1.807, 2.05) is 18.2 Å². The van der Waals surface area contributed by atoms with E-state index in [0.29, 0.717) is 12.5 Å². The summed E-state index contributed by atoms with van der Waals surface area (Å²) in [4.78, 5) is 13.6. The molecule has 0 spiro atoms. The van der Waals surface area contributed by atoms with Gasteiger partial charge >= 0.3 is 6.03 Å². The Bertz CT molecular complexity index is 415. The largest absolute Gasteiger partial charge is 0.392 e. The minimum absolute atomic E-state index is 0.0881. The van der Waals surface area contributed by atoms with E-state index in [1.165, 1.54) is 17.7 Å². The van der Waals surface area contributed by atoms with Crippen LogP contribution >= 0.6 is 0 Å². The summed E-state index contributed by atoms with van der Waals surface area (Å²) in [6.07, 6.45) is 1.83. The first-order chi connectivity index (χ1) is 9.08. The predicted octanol–water partition coefficient (Wildman–Crippen LogP) is 2.16. The summed E-state index contributed by atoms with van der Waals surface area (Å²) in [5, 5.41) is 12.4. The van der Waals surface area contributed by atoms with Crippen LogP contribution in [0.4, 0.5) is 4.79 Å². The molecular weight excluding hydrogens is 240 g/mol. The Morgan fingerprint density at radius 2 is 2.05 bits per heavy atom. The monoisotopic (exact) mass is 262 g/mol. The number of aliphatic hydroxyl groups is 1. The van der Waals surface area contributed by atoms with Crippen molar-refractivity contribution in [3.8, 4) is 0 Å². The van der Waals surface area contributed by atoms with E-state index in [-0.39, 0.29) is 12.1 Å². The van der Waals surface area contributed by atoms with Crippen molar-refractivity contribution in [2.24, 2.45) is 5.92 Å². The standard InChI is InChI=1S/C15H22N2O2/c1-11(18)10-17(2)15(19)16-14(13-8-9-13)12-6-4-3-5-7-12/h3-7,11,13-14,18H,8-10H2,1-2H3,(H,16,19). The minimum Gasteiger partial charge on any atom is -0.392 e. The van der Waals surface area contributed by atoms with E-state index in [0.717, 1.165) is 5.56 Å². The Balaban J connectivity index is 2.00. The molecule has 0 aromatic heterocycles. The number of hydrogen-bond acceptors (Lipinski definition) is 2. The average molecular weight is 262 g/mol. The fourth-order valence-electron chi connectivity index (χ4n) is 2.29. The molecule has 104 valence electrons. The number of carbonyl (C=O) groups is 1. The van der Waals surface area contributed by atoms with Crippen molar-refractivity contribution in [3.05, 3.63) is 35.9 Å². The molecule has 2 atom stereocenters. The van der Waals surface area contributed by atoms with Gasteiger partial charge in [-0.15, -0.1) is 0 Å². The number of likely N-dealkylation sites (N-methyl/N-ethyl adjacent to an activating group) is 1. The Kier molecular flexibility index (Phi) is 4.43. The van der Waals surface area contributed by atoms with Gasteiger partial charge in [-0.3, -0.25) is 0 Å². The third kappa shape index (κ3) is 3.96. The maximum Gasteiger partial charge on any atom is 0.317 e. The van der Waals surface area contributed by atoms with Crippen LogP contribution in [0.3, 0.4) is 0 Å². The lowest BCUT2D eigenvalue weighted by Crippen LogP contribution is -2.42. The summed E-state index contributed by atoms with van der Waals surface area (Å²) < 4.78 is 0. The first-order valence-electron chi connectivity index (χ1n) is 6.82. The van der Waals surface area contributed by atoms with Crippen molar-refractivity contribution < 1.29 is 9.90 Å². The summed E-state index contributed by atoms with van der Waals surface area (Å²) in [6.45, 7) is 2.03. The van der Waals surface area contributed by atoms with Crippen LogP contribution in [0.2, 0.25) is 0 Å². The lowest BCUT2D eigenvalue weighted by atomic mass is 10.0. The molecule has 2 unspecified atom stereocenters.